The Kier molecular flexibility index (Phi) is 6.83. The van der Waals surface area contributed by atoms with Crippen LogP contribution in [0.4, 0.5) is 0 Å². The van der Waals surface area contributed by atoms with Gasteiger partial charge in [-0.05, 0) is 30.2 Å². The van der Waals surface area contributed by atoms with Gasteiger partial charge in [-0.3, -0.25) is 14.5 Å². The number of nitrogens with zero attached hydrogens (tertiary/aromatic N) is 1. The molecule has 1 heterocycles. The van der Waals surface area contributed by atoms with Crippen LogP contribution in [0.5, 0.6) is 11.5 Å². The topological polar surface area (TPSA) is 76.1 Å². The van der Waals surface area contributed by atoms with E-state index >= 15 is 0 Å². The standard InChI is InChI=1S/C17H19NO5S2/c1-3-8-23-15(20)6-7-18-16(21)14(25-17(18)24)10-11-4-5-12(19)13(9-11)22-2/h4-5,9-10,19H,3,6-8H2,1-2H3/b14-10-. The normalized spacial score (nSPS) is 15.8. The molecule has 1 fully saturated rings. The minimum absolute atomic E-state index is 0.0257. The predicted molar refractivity (Wildman–Crippen MR) is 100 cm³/mol. The van der Waals surface area contributed by atoms with E-state index in [1.54, 1.807) is 18.2 Å². The summed E-state index contributed by atoms with van der Waals surface area (Å²) in [5.41, 5.74) is 0.706. The fraction of sp³-hybridized carbons (Fsp3) is 0.353. The maximum absolute atomic E-state index is 12.5. The highest BCUT2D eigenvalue weighted by Crippen LogP contribution is 2.34. The maximum atomic E-state index is 12.5. The van der Waals surface area contributed by atoms with Gasteiger partial charge in [0.15, 0.2) is 11.5 Å². The molecule has 0 radical (unpaired) electrons. The smallest absolute Gasteiger partial charge is 0.307 e. The minimum Gasteiger partial charge on any atom is -0.504 e. The molecule has 6 nitrogen and oxygen atoms in total. The van der Waals surface area contributed by atoms with Gasteiger partial charge in [0, 0.05) is 6.54 Å². The second-order valence-electron chi connectivity index (χ2n) is 5.24. The van der Waals surface area contributed by atoms with Gasteiger partial charge in [-0.1, -0.05) is 37.0 Å². The van der Waals surface area contributed by atoms with E-state index in [9.17, 15) is 14.7 Å². The summed E-state index contributed by atoms with van der Waals surface area (Å²) in [4.78, 5) is 25.9. The number of thiocarbonyl (C=S) groups is 1. The number of phenols is 1. The Morgan fingerprint density at radius 1 is 1.44 bits per heavy atom. The summed E-state index contributed by atoms with van der Waals surface area (Å²) < 4.78 is 10.5. The van der Waals surface area contributed by atoms with Crippen LogP contribution in [0.15, 0.2) is 23.1 Å². The Morgan fingerprint density at radius 2 is 2.20 bits per heavy atom. The van der Waals surface area contributed by atoms with Crippen LogP contribution in [0.1, 0.15) is 25.3 Å². The largest absolute Gasteiger partial charge is 0.504 e. The highest BCUT2D eigenvalue weighted by molar-refractivity contribution is 8.26. The average Bonchev–Trinajstić information content (AvgIpc) is 2.86. The third kappa shape index (κ3) is 4.96. The molecule has 1 aromatic carbocycles. The van der Waals surface area contributed by atoms with Crippen LogP contribution in [0.2, 0.25) is 0 Å². The number of esters is 1. The van der Waals surface area contributed by atoms with Crippen molar-refractivity contribution >= 4 is 46.3 Å². The van der Waals surface area contributed by atoms with Crippen LogP contribution >= 0.6 is 24.0 Å². The molecule has 0 bridgehead atoms. The van der Waals surface area contributed by atoms with Crippen LogP contribution in [0.3, 0.4) is 0 Å². The molecule has 1 saturated heterocycles. The quantitative estimate of drug-likeness (QED) is 0.442. The zero-order valence-electron chi connectivity index (χ0n) is 14.0. The minimum atomic E-state index is -0.344. The molecule has 134 valence electrons. The van der Waals surface area contributed by atoms with Crippen molar-refractivity contribution in [1.82, 2.24) is 4.90 Å². The highest BCUT2D eigenvalue weighted by atomic mass is 32.2. The van der Waals surface area contributed by atoms with Crippen molar-refractivity contribution in [3.63, 3.8) is 0 Å². The van der Waals surface area contributed by atoms with Gasteiger partial charge in [0.1, 0.15) is 4.32 Å². The molecular weight excluding hydrogens is 362 g/mol. The number of ether oxygens (including phenoxy) is 2. The van der Waals surface area contributed by atoms with E-state index in [4.69, 9.17) is 21.7 Å². The Balaban J connectivity index is 2.06. The van der Waals surface area contributed by atoms with E-state index in [0.29, 0.717) is 27.1 Å². The molecular formula is C17H19NO5S2. The van der Waals surface area contributed by atoms with E-state index < -0.39 is 0 Å². The molecule has 0 aromatic heterocycles. The van der Waals surface area contributed by atoms with Crippen LogP contribution in [0.25, 0.3) is 6.08 Å². The Labute approximate surface area is 155 Å². The van der Waals surface area contributed by atoms with Crippen molar-refractivity contribution in [1.29, 1.82) is 0 Å². The summed E-state index contributed by atoms with van der Waals surface area (Å²) in [6, 6.07) is 4.80. The molecule has 0 saturated carbocycles. The van der Waals surface area contributed by atoms with Crippen molar-refractivity contribution in [3.05, 3.63) is 28.7 Å². The van der Waals surface area contributed by atoms with Crippen molar-refractivity contribution in [2.75, 3.05) is 20.3 Å². The van der Waals surface area contributed by atoms with Crippen molar-refractivity contribution in [2.24, 2.45) is 0 Å². The number of hydrogen-bond donors (Lipinski definition) is 1. The van der Waals surface area contributed by atoms with Gasteiger partial charge in [-0.25, -0.2) is 0 Å². The summed E-state index contributed by atoms with van der Waals surface area (Å²) in [6.07, 6.45) is 2.54. The summed E-state index contributed by atoms with van der Waals surface area (Å²) in [6.45, 7) is 2.49. The lowest BCUT2D eigenvalue weighted by atomic mass is 10.2. The molecule has 8 heteroatoms. The third-order valence-corrected chi connectivity index (χ3v) is 4.76. The Hall–Kier alpha value is -2.06. The lowest BCUT2D eigenvalue weighted by Gasteiger charge is -2.13. The van der Waals surface area contributed by atoms with E-state index in [-0.39, 0.29) is 30.6 Å². The van der Waals surface area contributed by atoms with Gasteiger partial charge in [-0.15, -0.1) is 0 Å². The van der Waals surface area contributed by atoms with E-state index in [1.165, 1.54) is 29.8 Å². The van der Waals surface area contributed by atoms with Gasteiger partial charge in [0.25, 0.3) is 5.91 Å². The fourth-order valence-corrected chi connectivity index (χ4v) is 3.43. The van der Waals surface area contributed by atoms with Crippen molar-refractivity contribution in [2.45, 2.75) is 19.8 Å². The fourth-order valence-electron chi connectivity index (χ4n) is 2.12. The van der Waals surface area contributed by atoms with Crippen LogP contribution in [-0.4, -0.2) is 46.5 Å². The number of aromatic hydroxyl groups is 1. The first kappa shape index (κ1) is 19.3. The molecule has 25 heavy (non-hydrogen) atoms. The molecule has 1 aliphatic rings. The molecule has 2 rings (SSSR count). The molecule has 0 spiro atoms. The predicted octanol–water partition coefficient (Wildman–Crippen LogP) is 2.95. The molecule has 1 N–H and O–H groups in total. The zero-order valence-corrected chi connectivity index (χ0v) is 15.6. The zero-order chi connectivity index (χ0) is 18.4. The number of phenolic OH excluding ortho intramolecular Hbond substituents is 1. The Bertz CT molecular complexity index is 717. The second kappa shape index (κ2) is 8.87. The number of benzene rings is 1. The van der Waals surface area contributed by atoms with Crippen LogP contribution in [0, 0.1) is 0 Å². The van der Waals surface area contributed by atoms with Crippen molar-refractivity contribution in [3.8, 4) is 11.5 Å². The maximum Gasteiger partial charge on any atom is 0.307 e. The first-order valence-corrected chi connectivity index (χ1v) is 8.96. The van der Waals surface area contributed by atoms with Gasteiger partial charge >= 0.3 is 5.97 Å². The average molecular weight is 381 g/mol. The van der Waals surface area contributed by atoms with E-state index in [0.717, 1.165) is 6.42 Å². The number of carbonyl (C=O) groups excluding carboxylic acids is 2. The number of carbonyl (C=O) groups is 2. The van der Waals surface area contributed by atoms with E-state index in [2.05, 4.69) is 0 Å². The van der Waals surface area contributed by atoms with Crippen LogP contribution in [-0.2, 0) is 14.3 Å². The lowest BCUT2D eigenvalue weighted by molar-refractivity contribution is -0.143. The molecule has 1 aliphatic heterocycles. The summed E-state index contributed by atoms with van der Waals surface area (Å²) >= 11 is 6.41. The third-order valence-electron chi connectivity index (χ3n) is 3.38. The number of amides is 1. The van der Waals surface area contributed by atoms with E-state index in [1.807, 2.05) is 6.92 Å². The number of hydrogen-bond acceptors (Lipinski definition) is 7. The van der Waals surface area contributed by atoms with Crippen molar-refractivity contribution < 1.29 is 24.2 Å². The molecule has 0 atom stereocenters. The lowest BCUT2D eigenvalue weighted by Crippen LogP contribution is -2.30. The monoisotopic (exact) mass is 381 g/mol. The Morgan fingerprint density at radius 3 is 2.88 bits per heavy atom. The van der Waals surface area contributed by atoms with Gasteiger partial charge in [0.05, 0.1) is 25.0 Å². The number of rotatable bonds is 7. The summed E-state index contributed by atoms with van der Waals surface area (Å²) in [5.74, 6) is -0.242. The van der Waals surface area contributed by atoms with Gasteiger partial charge < -0.3 is 14.6 Å². The molecule has 1 aromatic rings. The first-order chi connectivity index (χ1) is 12.0. The number of methoxy groups -OCH3 is 1. The molecule has 0 unspecified atom stereocenters. The summed E-state index contributed by atoms with van der Waals surface area (Å²) in [5, 5.41) is 9.62. The highest BCUT2D eigenvalue weighted by Gasteiger charge is 2.32. The van der Waals surface area contributed by atoms with Gasteiger partial charge in [0.2, 0.25) is 0 Å². The van der Waals surface area contributed by atoms with Crippen LogP contribution < -0.4 is 4.74 Å². The second-order valence-corrected chi connectivity index (χ2v) is 6.91. The first-order valence-electron chi connectivity index (χ1n) is 7.74. The summed E-state index contributed by atoms with van der Waals surface area (Å²) in [7, 11) is 1.45. The number of thioether (sulfide) groups is 1. The SMILES string of the molecule is CCCOC(=O)CCN1C(=O)/C(=C/c2ccc(O)c(OC)c2)SC1=S. The van der Waals surface area contributed by atoms with Gasteiger partial charge in [-0.2, -0.15) is 0 Å². The molecule has 1 amide bonds. The molecule has 0 aliphatic carbocycles.